The molecule has 2 N–H and O–H groups in total. The Labute approximate surface area is 123 Å². The highest BCUT2D eigenvalue weighted by molar-refractivity contribution is 6.30. The number of hydrogen-bond donors (Lipinski definition) is 2. The molecule has 0 aliphatic rings. The Kier molecular flexibility index (Phi) is 3.23. The molecule has 5 nitrogen and oxygen atoms in total. The summed E-state index contributed by atoms with van der Waals surface area (Å²) in [5.74, 6) is -1.45. The lowest BCUT2D eigenvalue weighted by molar-refractivity contribution is 0.404. The van der Waals surface area contributed by atoms with E-state index in [9.17, 15) is 14.6 Å². The number of nitrogens with zero attached hydrogens (tertiary/aromatic N) is 2. The van der Waals surface area contributed by atoms with Crippen molar-refractivity contribution in [3.8, 4) is 23.1 Å². The number of fused-ring (bicyclic) bond motifs is 1. The maximum absolute atomic E-state index is 13.8. The van der Waals surface area contributed by atoms with Crippen LogP contribution < -0.4 is 4.74 Å². The normalized spacial score (nSPS) is 10.8. The minimum absolute atomic E-state index is 0.0384. The van der Waals surface area contributed by atoms with Gasteiger partial charge in [0.2, 0.25) is 5.88 Å². The zero-order valence-corrected chi connectivity index (χ0v) is 11.2. The molecular formula is C14H8ClFN2O3. The molecule has 0 spiro atoms. The van der Waals surface area contributed by atoms with Crippen LogP contribution in [0, 0.1) is 5.82 Å². The topological polar surface area (TPSA) is 75.5 Å². The maximum Gasteiger partial charge on any atom is 0.230 e. The largest absolute Gasteiger partial charge is 0.504 e. The van der Waals surface area contributed by atoms with Crippen molar-refractivity contribution in [2.24, 2.45) is 0 Å². The molecular weight excluding hydrogens is 299 g/mol. The molecule has 0 bridgehead atoms. The van der Waals surface area contributed by atoms with Gasteiger partial charge in [-0.2, -0.15) is 0 Å². The van der Waals surface area contributed by atoms with Gasteiger partial charge in [-0.05, 0) is 18.2 Å². The molecule has 2 aromatic carbocycles. The summed E-state index contributed by atoms with van der Waals surface area (Å²) in [6.45, 7) is 0. The minimum Gasteiger partial charge on any atom is -0.504 e. The number of ether oxygens (including phenoxy) is 1. The molecule has 3 rings (SSSR count). The van der Waals surface area contributed by atoms with Crippen LogP contribution in [0.3, 0.4) is 0 Å². The SMILES string of the molecule is Oc1cc2ncnc(Oc3cccc(Cl)c3F)c2cc1O. The molecule has 1 heterocycles. The van der Waals surface area contributed by atoms with Crippen molar-refractivity contribution in [2.75, 3.05) is 0 Å². The summed E-state index contributed by atoms with van der Waals surface area (Å²) < 4.78 is 19.2. The summed E-state index contributed by atoms with van der Waals surface area (Å²) in [7, 11) is 0. The van der Waals surface area contributed by atoms with Gasteiger partial charge in [0.1, 0.15) is 6.33 Å². The number of phenols is 2. The second kappa shape index (κ2) is 5.06. The van der Waals surface area contributed by atoms with E-state index < -0.39 is 5.82 Å². The van der Waals surface area contributed by atoms with Crippen molar-refractivity contribution in [2.45, 2.75) is 0 Å². The highest BCUT2D eigenvalue weighted by Crippen LogP contribution is 2.35. The third kappa shape index (κ3) is 2.41. The van der Waals surface area contributed by atoms with E-state index in [-0.39, 0.29) is 28.2 Å². The summed E-state index contributed by atoms with van der Waals surface area (Å²) in [6, 6.07) is 6.82. The van der Waals surface area contributed by atoms with Gasteiger partial charge < -0.3 is 14.9 Å². The van der Waals surface area contributed by atoms with E-state index in [0.29, 0.717) is 10.9 Å². The predicted molar refractivity (Wildman–Crippen MR) is 74.4 cm³/mol. The van der Waals surface area contributed by atoms with Gasteiger partial charge in [0, 0.05) is 6.07 Å². The van der Waals surface area contributed by atoms with Crippen molar-refractivity contribution in [3.63, 3.8) is 0 Å². The molecule has 21 heavy (non-hydrogen) atoms. The molecule has 0 amide bonds. The van der Waals surface area contributed by atoms with Crippen LogP contribution in [0.4, 0.5) is 4.39 Å². The van der Waals surface area contributed by atoms with Crippen LogP contribution in [0.25, 0.3) is 10.9 Å². The van der Waals surface area contributed by atoms with Crippen LogP contribution in [-0.4, -0.2) is 20.2 Å². The second-order valence-electron chi connectivity index (χ2n) is 4.19. The van der Waals surface area contributed by atoms with E-state index in [2.05, 4.69) is 9.97 Å². The van der Waals surface area contributed by atoms with Gasteiger partial charge in [0.15, 0.2) is 23.1 Å². The summed E-state index contributed by atoms with van der Waals surface area (Å²) >= 11 is 5.68. The molecule has 106 valence electrons. The standard InChI is InChI=1S/C14H8ClFN2O3/c15-8-2-1-3-12(13(8)16)21-14-7-4-10(19)11(20)5-9(7)17-6-18-14/h1-6,19-20H. The Morgan fingerprint density at radius 1 is 1.10 bits per heavy atom. The van der Waals surface area contributed by atoms with E-state index in [1.54, 1.807) is 0 Å². The molecule has 0 radical (unpaired) electrons. The molecule has 1 aromatic heterocycles. The molecule has 0 atom stereocenters. The lowest BCUT2D eigenvalue weighted by Crippen LogP contribution is -1.94. The first-order valence-corrected chi connectivity index (χ1v) is 6.22. The second-order valence-corrected chi connectivity index (χ2v) is 4.60. The van der Waals surface area contributed by atoms with Crippen LogP contribution in [0.2, 0.25) is 5.02 Å². The number of rotatable bonds is 2. The minimum atomic E-state index is -0.714. The fraction of sp³-hybridized carbons (Fsp3) is 0. The molecule has 0 fully saturated rings. The number of aromatic hydroxyl groups is 2. The number of hydrogen-bond acceptors (Lipinski definition) is 5. The third-order valence-electron chi connectivity index (χ3n) is 2.82. The molecule has 0 aliphatic heterocycles. The first-order valence-electron chi connectivity index (χ1n) is 5.85. The maximum atomic E-state index is 13.8. The summed E-state index contributed by atoms with van der Waals surface area (Å²) in [5.41, 5.74) is 0.345. The van der Waals surface area contributed by atoms with Gasteiger partial charge in [0.05, 0.1) is 15.9 Å². The van der Waals surface area contributed by atoms with E-state index in [1.165, 1.54) is 36.7 Å². The first-order chi connectivity index (χ1) is 10.1. The van der Waals surface area contributed by atoms with Crippen LogP contribution >= 0.6 is 11.6 Å². The fourth-order valence-electron chi connectivity index (χ4n) is 1.81. The van der Waals surface area contributed by atoms with Crippen molar-refractivity contribution >= 4 is 22.5 Å². The van der Waals surface area contributed by atoms with Gasteiger partial charge in [-0.3, -0.25) is 0 Å². The van der Waals surface area contributed by atoms with Crippen molar-refractivity contribution in [3.05, 3.63) is 47.5 Å². The van der Waals surface area contributed by atoms with E-state index >= 15 is 0 Å². The Morgan fingerprint density at radius 2 is 1.86 bits per heavy atom. The van der Waals surface area contributed by atoms with E-state index in [0.717, 1.165) is 0 Å². The molecule has 3 aromatic rings. The summed E-state index contributed by atoms with van der Waals surface area (Å²) in [5, 5.41) is 19.2. The quantitative estimate of drug-likeness (QED) is 0.707. The zero-order chi connectivity index (χ0) is 15.0. The Morgan fingerprint density at radius 3 is 2.67 bits per heavy atom. The van der Waals surface area contributed by atoms with Gasteiger partial charge in [-0.25, -0.2) is 14.4 Å². The van der Waals surface area contributed by atoms with Gasteiger partial charge in [-0.15, -0.1) is 0 Å². The lowest BCUT2D eigenvalue weighted by atomic mass is 10.2. The molecule has 0 saturated carbocycles. The average molecular weight is 307 g/mol. The number of aromatic nitrogens is 2. The summed E-state index contributed by atoms with van der Waals surface area (Å²) in [6.07, 6.45) is 1.20. The lowest BCUT2D eigenvalue weighted by Gasteiger charge is -2.09. The highest BCUT2D eigenvalue weighted by atomic mass is 35.5. The highest BCUT2D eigenvalue weighted by Gasteiger charge is 2.13. The first kappa shape index (κ1) is 13.4. The van der Waals surface area contributed by atoms with Gasteiger partial charge in [-0.1, -0.05) is 17.7 Å². The molecule has 0 unspecified atom stereocenters. The Bertz CT molecular complexity index is 842. The smallest absolute Gasteiger partial charge is 0.230 e. The zero-order valence-electron chi connectivity index (χ0n) is 10.4. The van der Waals surface area contributed by atoms with Crippen molar-refractivity contribution in [1.82, 2.24) is 9.97 Å². The average Bonchev–Trinajstić information content (AvgIpc) is 2.46. The van der Waals surface area contributed by atoms with Crippen LogP contribution in [0.5, 0.6) is 23.1 Å². The van der Waals surface area contributed by atoms with E-state index in [4.69, 9.17) is 16.3 Å². The number of halogens is 2. The van der Waals surface area contributed by atoms with Crippen LogP contribution in [0.1, 0.15) is 0 Å². The Hall–Kier alpha value is -2.60. The summed E-state index contributed by atoms with van der Waals surface area (Å²) in [4.78, 5) is 7.85. The third-order valence-corrected chi connectivity index (χ3v) is 3.11. The van der Waals surface area contributed by atoms with Crippen LogP contribution in [-0.2, 0) is 0 Å². The predicted octanol–water partition coefficient (Wildman–Crippen LogP) is 3.63. The van der Waals surface area contributed by atoms with Crippen molar-refractivity contribution < 1.29 is 19.3 Å². The van der Waals surface area contributed by atoms with Gasteiger partial charge in [0.25, 0.3) is 0 Å². The van der Waals surface area contributed by atoms with Crippen molar-refractivity contribution in [1.29, 1.82) is 0 Å². The molecule has 0 saturated heterocycles. The van der Waals surface area contributed by atoms with Gasteiger partial charge >= 0.3 is 0 Å². The Balaban J connectivity index is 2.12. The number of benzene rings is 2. The van der Waals surface area contributed by atoms with Crippen LogP contribution in [0.15, 0.2) is 36.7 Å². The van der Waals surface area contributed by atoms with E-state index in [1.807, 2.05) is 0 Å². The fourth-order valence-corrected chi connectivity index (χ4v) is 1.97. The number of phenolic OH excluding ortho intramolecular Hbond substituents is 2. The monoisotopic (exact) mass is 306 g/mol. The molecule has 7 heteroatoms. The molecule has 0 aliphatic carbocycles.